The number of carbonyl (C=O) groups is 1. The van der Waals surface area contributed by atoms with Crippen molar-refractivity contribution in [1.82, 2.24) is 4.98 Å². The van der Waals surface area contributed by atoms with Crippen molar-refractivity contribution in [2.45, 2.75) is 52.4 Å². The summed E-state index contributed by atoms with van der Waals surface area (Å²) < 4.78 is 5.92. The average molecular weight is 350 g/mol. The van der Waals surface area contributed by atoms with E-state index in [4.69, 9.17) is 4.42 Å². The molecule has 0 atom stereocenters. The Morgan fingerprint density at radius 1 is 1.12 bits per heavy atom. The molecule has 0 saturated heterocycles. The highest BCUT2D eigenvalue weighted by atomic mass is 16.3. The molecule has 3 rings (SSSR count). The van der Waals surface area contributed by atoms with E-state index in [1.165, 1.54) is 5.56 Å². The maximum absolute atomic E-state index is 11.9. The Bertz CT molecular complexity index is 902. The molecule has 0 unspecified atom stereocenters. The molecular weight excluding hydrogens is 324 g/mol. The lowest BCUT2D eigenvalue weighted by Crippen LogP contribution is -2.10. The summed E-state index contributed by atoms with van der Waals surface area (Å²) in [6.07, 6.45) is 2.44. The number of hydrogen-bond donors (Lipinski definition) is 1. The first-order chi connectivity index (χ1) is 12.4. The molecule has 1 N–H and O–H groups in total. The first-order valence-corrected chi connectivity index (χ1v) is 9.18. The van der Waals surface area contributed by atoms with Crippen LogP contribution in [0.5, 0.6) is 0 Å². The first kappa shape index (κ1) is 18.2. The minimum absolute atomic E-state index is 0.0312. The first-order valence-electron chi connectivity index (χ1n) is 9.18. The van der Waals surface area contributed by atoms with Crippen LogP contribution in [-0.2, 0) is 10.2 Å². The van der Waals surface area contributed by atoms with Gasteiger partial charge >= 0.3 is 0 Å². The van der Waals surface area contributed by atoms with Crippen molar-refractivity contribution in [3.8, 4) is 11.5 Å². The minimum Gasteiger partial charge on any atom is -0.436 e. The highest BCUT2D eigenvalue weighted by Crippen LogP contribution is 2.29. The summed E-state index contributed by atoms with van der Waals surface area (Å²) in [6.45, 7) is 8.65. The molecule has 0 aliphatic heterocycles. The van der Waals surface area contributed by atoms with Gasteiger partial charge in [0.2, 0.25) is 11.8 Å². The number of carbonyl (C=O) groups excluding carboxylic acids is 1. The summed E-state index contributed by atoms with van der Waals surface area (Å²) in [6, 6.07) is 13.9. The van der Waals surface area contributed by atoms with E-state index in [2.05, 4.69) is 50.1 Å². The molecule has 26 heavy (non-hydrogen) atoms. The third kappa shape index (κ3) is 4.13. The predicted molar refractivity (Wildman–Crippen MR) is 106 cm³/mol. The molecule has 0 fully saturated rings. The fraction of sp³-hybridized carbons (Fsp3) is 0.364. The summed E-state index contributed by atoms with van der Waals surface area (Å²) in [5.41, 5.74) is 4.53. The number of oxazole rings is 1. The lowest BCUT2D eigenvalue weighted by Gasteiger charge is -2.18. The number of rotatable bonds is 5. The largest absolute Gasteiger partial charge is 0.436 e. The fourth-order valence-electron chi connectivity index (χ4n) is 2.80. The Hall–Kier alpha value is -2.62. The van der Waals surface area contributed by atoms with E-state index in [0.717, 1.165) is 29.6 Å². The van der Waals surface area contributed by atoms with E-state index in [1.807, 2.05) is 30.3 Å². The minimum atomic E-state index is 0.0312. The van der Waals surface area contributed by atoms with Crippen LogP contribution in [0.1, 0.15) is 52.5 Å². The number of anilines is 1. The summed E-state index contributed by atoms with van der Waals surface area (Å²) >= 11 is 0. The molecule has 0 bridgehead atoms. The number of fused-ring (bicyclic) bond motifs is 1. The zero-order valence-corrected chi connectivity index (χ0v) is 15.9. The fourth-order valence-corrected chi connectivity index (χ4v) is 2.80. The molecule has 3 aromatic rings. The lowest BCUT2D eigenvalue weighted by molar-refractivity contribution is -0.116. The monoisotopic (exact) mass is 350 g/mol. The van der Waals surface area contributed by atoms with E-state index in [0.29, 0.717) is 17.9 Å². The van der Waals surface area contributed by atoms with Crippen LogP contribution in [0.15, 0.2) is 46.9 Å². The average Bonchev–Trinajstić information content (AvgIpc) is 3.02. The van der Waals surface area contributed by atoms with E-state index in [1.54, 1.807) is 0 Å². The number of amides is 1. The van der Waals surface area contributed by atoms with Gasteiger partial charge in [-0.25, -0.2) is 4.98 Å². The number of nitrogens with one attached hydrogen (secondary N) is 1. The van der Waals surface area contributed by atoms with Crippen LogP contribution in [-0.4, -0.2) is 10.9 Å². The Labute approximate surface area is 154 Å². The van der Waals surface area contributed by atoms with Gasteiger partial charge in [-0.1, -0.05) is 46.2 Å². The number of hydrogen-bond acceptors (Lipinski definition) is 3. The Morgan fingerprint density at radius 3 is 2.50 bits per heavy atom. The molecule has 136 valence electrons. The molecule has 1 amide bonds. The maximum Gasteiger partial charge on any atom is 0.227 e. The highest BCUT2D eigenvalue weighted by molar-refractivity contribution is 5.92. The van der Waals surface area contributed by atoms with Gasteiger partial charge in [-0.15, -0.1) is 0 Å². The van der Waals surface area contributed by atoms with E-state index in [-0.39, 0.29) is 11.3 Å². The third-order valence-electron chi connectivity index (χ3n) is 4.43. The second-order valence-corrected chi connectivity index (χ2v) is 7.68. The van der Waals surface area contributed by atoms with E-state index < -0.39 is 0 Å². The van der Waals surface area contributed by atoms with Crippen LogP contribution in [0, 0.1) is 0 Å². The summed E-state index contributed by atoms with van der Waals surface area (Å²) in [4.78, 5) is 16.5. The van der Waals surface area contributed by atoms with Gasteiger partial charge in [0.05, 0.1) is 0 Å². The van der Waals surface area contributed by atoms with Gasteiger partial charge in [-0.2, -0.15) is 0 Å². The van der Waals surface area contributed by atoms with Gasteiger partial charge in [-0.3, -0.25) is 4.79 Å². The molecule has 0 saturated carbocycles. The van der Waals surface area contributed by atoms with Gasteiger partial charge in [0, 0.05) is 23.7 Å². The molecule has 0 aliphatic rings. The predicted octanol–water partition coefficient (Wildman–Crippen LogP) is 5.92. The zero-order valence-electron chi connectivity index (χ0n) is 15.9. The van der Waals surface area contributed by atoms with Crippen LogP contribution in [0.25, 0.3) is 22.6 Å². The van der Waals surface area contributed by atoms with Gasteiger partial charge < -0.3 is 9.73 Å². The molecule has 2 aromatic carbocycles. The van der Waals surface area contributed by atoms with Gasteiger partial charge in [0.25, 0.3) is 0 Å². The maximum atomic E-state index is 11.9. The van der Waals surface area contributed by atoms with Crippen LogP contribution in [0.2, 0.25) is 0 Å². The van der Waals surface area contributed by atoms with Gasteiger partial charge in [0.15, 0.2) is 5.58 Å². The lowest BCUT2D eigenvalue weighted by atomic mass is 9.87. The van der Waals surface area contributed by atoms with Crippen molar-refractivity contribution in [1.29, 1.82) is 0 Å². The molecule has 0 radical (unpaired) electrons. The van der Waals surface area contributed by atoms with Crippen LogP contribution in [0.3, 0.4) is 0 Å². The van der Waals surface area contributed by atoms with Crippen LogP contribution in [0.4, 0.5) is 5.69 Å². The molecule has 1 heterocycles. The Morgan fingerprint density at radius 2 is 1.85 bits per heavy atom. The van der Waals surface area contributed by atoms with Gasteiger partial charge in [0.1, 0.15) is 5.52 Å². The molecule has 1 aromatic heterocycles. The molecule has 4 nitrogen and oxygen atoms in total. The van der Waals surface area contributed by atoms with Crippen LogP contribution >= 0.6 is 0 Å². The second kappa shape index (κ2) is 7.32. The molecule has 0 aliphatic carbocycles. The van der Waals surface area contributed by atoms with Crippen molar-refractivity contribution in [3.63, 3.8) is 0 Å². The topological polar surface area (TPSA) is 55.1 Å². The van der Waals surface area contributed by atoms with E-state index in [9.17, 15) is 4.79 Å². The van der Waals surface area contributed by atoms with Crippen LogP contribution < -0.4 is 5.32 Å². The number of nitrogens with zero attached hydrogens (tertiary/aromatic N) is 1. The van der Waals surface area contributed by atoms with Crippen molar-refractivity contribution in [2.24, 2.45) is 0 Å². The number of benzene rings is 2. The van der Waals surface area contributed by atoms with Crippen molar-refractivity contribution >= 4 is 22.7 Å². The number of unbranched alkanes of at least 4 members (excludes halogenated alkanes) is 1. The quantitative estimate of drug-likeness (QED) is 0.621. The summed E-state index contributed by atoms with van der Waals surface area (Å²) in [5.74, 6) is 0.624. The second-order valence-electron chi connectivity index (χ2n) is 7.68. The Kier molecular flexibility index (Phi) is 5.12. The normalized spacial score (nSPS) is 11.7. The summed E-state index contributed by atoms with van der Waals surface area (Å²) in [7, 11) is 0. The number of aromatic nitrogens is 1. The molecular formula is C22H26N2O2. The SMILES string of the molecule is CCCCC(=O)Nc1ccc2nc(-c3ccc(C(C)(C)C)cc3)oc2c1. The van der Waals surface area contributed by atoms with Crippen molar-refractivity contribution in [2.75, 3.05) is 5.32 Å². The Balaban J connectivity index is 1.82. The van der Waals surface area contributed by atoms with E-state index >= 15 is 0 Å². The molecule has 4 heteroatoms. The highest BCUT2D eigenvalue weighted by Gasteiger charge is 2.15. The van der Waals surface area contributed by atoms with Crippen molar-refractivity contribution < 1.29 is 9.21 Å². The van der Waals surface area contributed by atoms with Gasteiger partial charge in [-0.05, 0) is 41.7 Å². The standard InChI is InChI=1S/C22H26N2O2/c1-5-6-7-20(25)23-17-12-13-18-19(14-17)26-21(24-18)15-8-10-16(11-9-15)22(2,3)4/h8-14H,5-7H2,1-4H3,(H,23,25). The zero-order chi connectivity index (χ0) is 18.7. The smallest absolute Gasteiger partial charge is 0.227 e. The third-order valence-corrected chi connectivity index (χ3v) is 4.43. The molecule has 0 spiro atoms. The summed E-state index contributed by atoms with van der Waals surface area (Å²) in [5, 5.41) is 2.92. The van der Waals surface area contributed by atoms with Crippen molar-refractivity contribution in [3.05, 3.63) is 48.0 Å².